The van der Waals surface area contributed by atoms with Gasteiger partial charge in [-0.2, -0.15) is 0 Å². The Morgan fingerprint density at radius 2 is 1.85 bits per heavy atom. The summed E-state index contributed by atoms with van der Waals surface area (Å²) in [4.78, 5) is 4.43. The molecule has 2 aromatic rings. The third-order valence-electron chi connectivity index (χ3n) is 4.14. The van der Waals surface area contributed by atoms with Crippen LogP contribution in [0.15, 0.2) is 41.4 Å². The molecule has 1 aromatic carbocycles. The number of hydrogen-bond acceptors (Lipinski definition) is 5. The zero-order chi connectivity index (χ0) is 19.9. The van der Waals surface area contributed by atoms with Crippen molar-refractivity contribution in [3.8, 4) is 5.88 Å². The molecule has 0 bridgehead atoms. The number of aromatic nitrogens is 1. The van der Waals surface area contributed by atoms with Crippen LogP contribution in [0.25, 0.3) is 0 Å². The molecule has 1 aromatic heterocycles. The minimum absolute atomic E-state index is 0.230. The minimum Gasteiger partial charge on any atom is -0.476 e. The number of sulfonamides is 1. The van der Waals surface area contributed by atoms with Crippen molar-refractivity contribution in [1.29, 1.82) is 0 Å². The number of nitrogens with one attached hydrogen (secondary N) is 2. The van der Waals surface area contributed by atoms with Crippen LogP contribution in [0.2, 0.25) is 0 Å². The van der Waals surface area contributed by atoms with Gasteiger partial charge in [-0.3, -0.25) is 4.72 Å². The number of nitrogens with zero attached hydrogens (tertiary/aromatic N) is 1. The second-order valence-corrected chi connectivity index (χ2v) is 8.45. The molecule has 2 rings (SSSR count). The predicted octanol–water partition coefficient (Wildman–Crippen LogP) is 3.69. The van der Waals surface area contributed by atoms with Crippen LogP contribution in [0.5, 0.6) is 5.88 Å². The van der Waals surface area contributed by atoms with E-state index in [2.05, 4.69) is 35.8 Å². The van der Waals surface area contributed by atoms with Crippen LogP contribution < -0.4 is 14.8 Å². The number of aryl methyl sites for hydroxylation is 1. The van der Waals surface area contributed by atoms with Crippen LogP contribution >= 0.6 is 0 Å². The zero-order valence-corrected chi connectivity index (χ0v) is 17.3. The normalized spacial score (nSPS) is 11.6. The van der Waals surface area contributed by atoms with E-state index in [1.165, 1.54) is 6.20 Å². The fourth-order valence-corrected chi connectivity index (χ4v) is 3.60. The summed E-state index contributed by atoms with van der Waals surface area (Å²) in [6, 6.07) is 8.67. The van der Waals surface area contributed by atoms with E-state index >= 15 is 0 Å². The van der Waals surface area contributed by atoms with E-state index in [-0.39, 0.29) is 4.90 Å². The molecule has 2 N–H and O–H groups in total. The molecule has 148 valence electrons. The lowest BCUT2D eigenvalue weighted by molar-refractivity contribution is 0.302. The molecule has 0 aliphatic rings. The summed E-state index contributed by atoms with van der Waals surface area (Å²) < 4.78 is 33.4. The van der Waals surface area contributed by atoms with Crippen molar-refractivity contribution in [2.75, 3.05) is 24.4 Å². The minimum atomic E-state index is -3.66. The molecule has 0 aliphatic carbocycles. The summed E-state index contributed by atoms with van der Waals surface area (Å²) in [5.74, 6) is 0.834. The maximum Gasteiger partial charge on any atom is 0.261 e. The quantitative estimate of drug-likeness (QED) is 0.604. The third-order valence-corrected chi connectivity index (χ3v) is 5.52. The first-order valence-corrected chi connectivity index (χ1v) is 10.7. The van der Waals surface area contributed by atoms with Crippen LogP contribution in [0, 0.1) is 6.92 Å². The Balaban J connectivity index is 2.03. The van der Waals surface area contributed by atoms with E-state index in [9.17, 15) is 8.42 Å². The SMILES string of the molecule is CCCNCCOc1cc(C)c(NS(=O)(=O)c2ccc(C(C)C)cc2)cn1. The van der Waals surface area contributed by atoms with Gasteiger partial charge in [-0.15, -0.1) is 0 Å². The van der Waals surface area contributed by atoms with E-state index in [1.54, 1.807) is 18.2 Å². The maximum absolute atomic E-state index is 12.6. The second kappa shape index (κ2) is 9.71. The van der Waals surface area contributed by atoms with Crippen molar-refractivity contribution < 1.29 is 13.2 Å². The average Bonchev–Trinajstić information content (AvgIpc) is 2.63. The molecule has 0 saturated carbocycles. The van der Waals surface area contributed by atoms with E-state index < -0.39 is 10.0 Å². The van der Waals surface area contributed by atoms with Crippen molar-refractivity contribution in [2.24, 2.45) is 0 Å². The van der Waals surface area contributed by atoms with Crippen molar-refractivity contribution in [3.05, 3.63) is 47.7 Å². The lowest BCUT2D eigenvalue weighted by Crippen LogP contribution is -2.21. The summed E-state index contributed by atoms with van der Waals surface area (Å²) in [6.07, 6.45) is 2.57. The van der Waals surface area contributed by atoms with Crippen molar-refractivity contribution in [3.63, 3.8) is 0 Å². The largest absolute Gasteiger partial charge is 0.476 e. The Labute approximate surface area is 162 Å². The highest BCUT2D eigenvalue weighted by atomic mass is 32.2. The lowest BCUT2D eigenvalue weighted by atomic mass is 10.0. The molecule has 6 nitrogen and oxygen atoms in total. The summed E-state index contributed by atoms with van der Waals surface area (Å²) in [5, 5.41) is 3.25. The standard InChI is InChI=1S/C20H29N3O3S/c1-5-10-21-11-12-26-20-13-16(4)19(14-22-20)23-27(24,25)18-8-6-17(7-9-18)15(2)3/h6-9,13-15,21,23H,5,10-12H2,1-4H3. The van der Waals surface area contributed by atoms with Gasteiger partial charge in [0.1, 0.15) is 6.61 Å². The topological polar surface area (TPSA) is 80.3 Å². The Kier molecular flexibility index (Phi) is 7.62. The third kappa shape index (κ3) is 6.22. The molecule has 0 aliphatic heterocycles. The molecule has 1 heterocycles. The predicted molar refractivity (Wildman–Crippen MR) is 109 cm³/mol. The first-order valence-electron chi connectivity index (χ1n) is 9.26. The van der Waals surface area contributed by atoms with E-state index in [0.717, 1.165) is 30.6 Å². The lowest BCUT2D eigenvalue weighted by Gasteiger charge is -2.13. The van der Waals surface area contributed by atoms with Gasteiger partial charge in [0.05, 0.1) is 16.8 Å². The van der Waals surface area contributed by atoms with Gasteiger partial charge in [0, 0.05) is 12.6 Å². The number of anilines is 1. The van der Waals surface area contributed by atoms with Crippen molar-refractivity contribution in [2.45, 2.75) is 44.9 Å². The smallest absolute Gasteiger partial charge is 0.261 e. The second-order valence-electron chi connectivity index (χ2n) is 6.77. The van der Waals surface area contributed by atoms with Crippen molar-refractivity contribution in [1.82, 2.24) is 10.3 Å². The van der Waals surface area contributed by atoms with Gasteiger partial charge in [0.25, 0.3) is 10.0 Å². The highest BCUT2D eigenvalue weighted by Crippen LogP contribution is 2.23. The zero-order valence-electron chi connectivity index (χ0n) is 16.5. The monoisotopic (exact) mass is 391 g/mol. The van der Waals surface area contributed by atoms with Gasteiger partial charge in [-0.05, 0) is 49.1 Å². The van der Waals surface area contributed by atoms with Gasteiger partial charge >= 0.3 is 0 Å². The van der Waals surface area contributed by atoms with E-state index in [1.807, 2.05) is 19.1 Å². The highest BCUT2D eigenvalue weighted by Gasteiger charge is 2.16. The number of hydrogen-bond donors (Lipinski definition) is 2. The molecular formula is C20H29N3O3S. The van der Waals surface area contributed by atoms with Gasteiger partial charge in [-0.25, -0.2) is 13.4 Å². The number of pyridine rings is 1. The molecule has 27 heavy (non-hydrogen) atoms. The fraction of sp³-hybridized carbons (Fsp3) is 0.450. The Morgan fingerprint density at radius 1 is 1.15 bits per heavy atom. The summed E-state index contributed by atoms with van der Waals surface area (Å²) >= 11 is 0. The first kappa shape index (κ1) is 21.2. The highest BCUT2D eigenvalue weighted by molar-refractivity contribution is 7.92. The van der Waals surface area contributed by atoms with Gasteiger partial charge < -0.3 is 10.1 Å². The maximum atomic E-state index is 12.6. The Bertz CT molecular complexity index is 834. The molecule has 0 radical (unpaired) electrons. The Morgan fingerprint density at radius 3 is 2.44 bits per heavy atom. The Hall–Kier alpha value is -2.12. The van der Waals surface area contributed by atoms with Crippen LogP contribution in [0.4, 0.5) is 5.69 Å². The van der Waals surface area contributed by atoms with Gasteiger partial charge in [-0.1, -0.05) is 32.9 Å². The summed E-state index contributed by atoms with van der Waals surface area (Å²) in [7, 11) is -3.66. The molecule has 0 atom stereocenters. The molecule has 0 amide bonds. The van der Waals surface area contributed by atoms with Crippen molar-refractivity contribution >= 4 is 15.7 Å². The van der Waals surface area contributed by atoms with Crippen LogP contribution in [-0.2, 0) is 10.0 Å². The molecule has 7 heteroatoms. The average molecular weight is 392 g/mol. The summed E-state index contributed by atoms with van der Waals surface area (Å²) in [6.45, 7) is 10.3. The van der Waals surface area contributed by atoms with E-state index in [4.69, 9.17) is 4.74 Å². The molecule has 0 unspecified atom stereocenters. The summed E-state index contributed by atoms with van der Waals surface area (Å²) in [5.41, 5.74) is 2.30. The molecule has 0 saturated heterocycles. The number of ether oxygens (including phenoxy) is 1. The van der Waals surface area contributed by atoms with Gasteiger partial charge in [0.15, 0.2) is 0 Å². The fourth-order valence-electron chi connectivity index (χ4n) is 2.48. The molecule has 0 fully saturated rings. The van der Waals surface area contributed by atoms with Crippen LogP contribution in [-0.4, -0.2) is 33.1 Å². The van der Waals surface area contributed by atoms with E-state index in [0.29, 0.717) is 24.1 Å². The first-order chi connectivity index (χ1) is 12.8. The van der Waals surface area contributed by atoms with Gasteiger partial charge in [0.2, 0.25) is 5.88 Å². The molecular weight excluding hydrogens is 362 g/mol. The number of rotatable bonds is 10. The number of benzene rings is 1. The van der Waals surface area contributed by atoms with Crippen LogP contribution in [0.3, 0.4) is 0 Å². The van der Waals surface area contributed by atoms with Crippen LogP contribution in [0.1, 0.15) is 44.2 Å². The molecule has 0 spiro atoms.